The summed E-state index contributed by atoms with van der Waals surface area (Å²) in [7, 11) is 0. The molecule has 1 saturated heterocycles. The summed E-state index contributed by atoms with van der Waals surface area (Å²) in [6, 6.07) is 8.79. The van der Waals surface area contributed by atoms with Crippen LogP contribution < -0.4 is 5.32 Å². The molecule has 1 N–H and O–H groups in total. The Kier molecular flexibility index (Phi) is 4.34. The fraction of sp³-hybridized carbons (Fsp3) is 0.438. The van der Waals surface area contributed by atoms with E-state index in [1.807, 2.05) is 12.3 Å². The van der Waals surface area contributed by atoms with Crippen LogP contribution in [-0.2, 0) is 11.3 Å². The maximum absolute atomic E-state index is 5.46. The van der Waals surface area contributed by atoms with Crippen LogP contribution in [0.1, 0.15) is 18.9 Å². The Labute approximate surface area is 127 Å². The first-order valence-corrected chi connectivity index (χ1v) is 7.88. The van der Waals surface area contributed by atoms with Crippen LogP contribution in [0, 0.1) is 5.92 Å². The Balaban J connectivity index is 1.76. The largest absolute Gasteiger partial charge is 0.381 e. The third-order valence-electron chi connectivity index (χ3n) is 4.09. The van der Waals surface area contributed by atoms with E-state index in [0.717, 1.165) is 36.2 Å². The van der Waals surface area contributed by atoms with Gasteiger partial charge in [-0.1, -0.05) is 28.1 Å². The highest BCUT2D eigenvalue weighted by atomic mass is 79.9. The van der Waals surface area contributed by atoms with E-state index in [4.69, 9.17) is 4.74 Å². The lowest BCUT2D eigenvalue weighted by Gasteiger charge is -2.19. The number of hydrogen-bond donors (Lipinski definition) is 1. The number of aromatic nitrogens is 1. The Bertz CT molecular complexity index is 596. The van der Waals surface area contributed by atoms with Crippen LogP contribution in [0.4, 0.5) is 0 Å². The monoisotopic (exact) mass is 334 g/mol. The lowest BCUT2D eigenvalue weighted by molar-refractivity contribution is 0.178. The first kappa shape index (κ1) is 14.0. The molecule has 2 aromatic rings. The number of nitrogens with zero attached hydrogens (tertiary/aromatic N) is 1. The maximum atomic E-state index is 5.46. The van der Waals surface area contributed by atoms with Crippen molar-refractivity contribution in [3.8, 4) is 0 Å². The highest BCUT2D eigenvalue weighted by molar-refractivity contribution is 9.10. The van der Waals surface area contributed by atoms with Crippen molar-refractivity contribution in [1.82, 2.24) is 10.3 Å². The SMILES string of the molecule is C[C@@H](NCc1ccc(Br)c2cccnc12)[C@H]1CCOC1. The highest BCUT2D eigenvalue weighted by Gasteiger charge is 2.21. The van der Waals surface area contributed by atoms with Crippen molar-refractivity contribution in [2.45, 2.75) is 25.9 Å². The molecule has 0 amide bonds. The summed E-state index contributed by atoms with van der Waals surface area (Å²) in [5.41, 5.74) is 2.32. The molecular formula is C16H19BrN2O. The summed E-state index contributed by atoms with van der Waals surface area (Å²) in [5.74, 6) is 0.629. The van der Waals surface area contributed by atoms with Gasteiger partial charge in [-0.2, -0.15) is 0 Å². The first-order valence-electron chi connectivity index (χ1n) is 7.09. The lowest BCUT2D eigenvalue weighted by atomic mass is 10.0. The molecule has 3 nitrogen and oxygen atoms in total. The number of halogens is 1. The van der Waals surface area contributed by atoms with Crippen molar-refractivity contribution >= 4 is 26.8 Å². The second-order valence-electron chi connectivity index (χ2n) is 5.40. The van der Waals surface area contributed by atoms with E-state index < -0.39 is 0 Å². The van der Waals surface area contributed by atoms with Crippen molar-refractivity contribution in [2.75, 3.05) is 13.2 Å². The van der Waals surface area contributed by atoms with Crippen LogP contribution in [0.25, 0.3) is 10.9 Å². The summed E-state index contributed by atoms with van der Waals surface area (Å²) in [4.78, 5) is 4.52. The molecule has 1 aliphatic rings. The summed E-state index contributed by atoms with van der Waals surface area (Å²) < 4.78 is 6.56. The van der Waals surface area contributed by atoms with Crippen molar-refractivity contribution in [1.29, 1.82) is 0 Å². The minimum atomic E-state index is 0.472. The van der Waals surface area contributed by atoms with Gasteiger partial charge in [-0.3, -0.25) is 4.98 Å². The van der Waals surface area contributed by atoms with Crippen LogP contribution >= 0.6 is 15.9 Å². The van der Waals surface area contributed by atoms with Crippen LogP contribution in [0.15, 0.2) is 34.9 Å². The van der Waals surface area contributed by atoms with Gasteiger partial charge >= 0.3 is 0 Å². The molecule has 0 unspecified atom stereocenters. The molecule has 106 valence electrons. The fourth-order valence-electron chi connectivity index (χ4n) is 2.72. The summed E-state index contributed by atoms with van der Waals surface area (Å²) >= 11 is 3.59. The van der Waals surface area contributed by atoms with Gasteiger partial charge < -0.3 is 10.1 Å². The number of rotatable bonds is 4. The lowest BCUT2D eigenvalue weighted by Crippen LogP contribution is -2.33. The maximum Gasteiger partial charge on any atom is 0.0758 e. The van der Waals surface area contributed by atoms with Crippen molar-refractivity contribution < 1.29 is 4.74 Å². The molecule has 20 heavy (non-hydrogen) atoms. The van der Waals surface area contributed by atoms with Gasteiger partial charge in [-0.25, -0.2) is 0 Å². The molecule has 1 aromatic heterocycles. The summed E-state index contributed by atoms with van der Waals surface area (Å²) in [5, 5.41) is 4.79. The standard InChI is InChI=1S/C16H19BrN2O/c1-11(13-6-8-20-10-13)19-9-12-4-5-15(17)14-3-2-7-18-16(12)14/h2-5,7,11,13,19H,6,8-10H2,1H3/t11-,13+/m1/s1. The zero-order chi connectivity index (χ0) is 13.9. The van der Waals surface area contributed by atoms with E-state index in [-0.39, 0.29) is 0 Å². The van der Waals surface area contributed by atoms with Gasteiger partial charge in [0.2, 0.25) is 0 Å². The number of hydrogen-bond acceptors (Lipinski definition) is 3. The summed E-state index contributed by atoms with van der Waals surface area (Å²) in [6.45, 7) is 4.87. The van der Waals surface area contributed by atoms with Gasteiger partial charge in [0.15, 0.2) is 0 Å². The Morgan fingerprint density at radius 2 is 2.35 bits per heavy atom. The molecule has 0 saturated carbocycles. The van der Waals surface area contributed by atoms with Gasteiger partial charge in [-0.05, 0) is 37.0 Å². The third-order valence-corrected chi connectivity index (χ3v) is 4.78. The molecular weight excluding hydrogens is 316 g/mol. The van der Waals surface area contributed by atoms with Gasteiger partial charge in [0.1, 0.15) is 0 Å². The molecule has 1 aliphatic heterocycles. The third kappa shape index (κ3) is 2.87. The normalized spacial score (nSPS) is 20.4. The summed E-state index contributed by atoms with van der Waals surface area (Å²) in [6.07, 6.45) is 3.01. The predicted molar refractivity (Wildman–Crippen MR) is 84.7 cm³/mol. The number of fused-ring (bicyclic) bond motifs is 1. The number of nitrogens with one attached hydrogen (secondary N) is 1. The second-order valence-corrected chi connectivity index (χ2v) is 6.25. The Morgan fingerprint density at radius 3 is 3.15 bits per heavy atom. The zero-order valence-corrected chi connectivity index (χ0v) is 13.2. The van der Waals surface area contributed by atoms with Crippen LogP contribution in [0.3, 0.4) is 0 Å². The van der Waals surface area contributed by atoms with Crippen LogP contribution in [-0.4, -0.2) is 24.2 Å². The van der Waals surface area contributed by atoms with E-state index in [2.05, 4.69) is 51.4 Å². The van der Waals surface area contributed by atoms with Gasteiger partial charge in [0.05, 0.1) is 12.1 Å². The molecule has 2 atom stereocenters. The average Bonchev–Trinajstić information content (AvgIpc) is 3.01. The molecule has 2 heterocycles. The average molecular weight is 335 g/mol. The number of ether oxygens (including phenoxy) is 1. The van der Waals surface area contributed by atoms with Crippen molar-refractivity contribution in [2.24, 2.45) is 5.92 Å². The molecule has 1 aromatic carbocycles. The van der Waals surface area contributed by atoms with Crippen molar-refractivity contribution in [3.63, 3.8) is 0 Å². The molecule has 4 heteroatoms. The molecule has 0 radical (unpaired) electrons. The van der Waals surface area contributed by atoms with Crippen molar-refractivity contribution in [3.05, 3.63) is 40.5 Å². The van der Waals surface area contributed by atoms with Crippen LogP contribution in [0.2, 0.25) is 0 Å². The Morgan fingerprint density at radius 1 is 1.45 bits per heavy atom. The molecule has 3 rings (SSSR count). The highest BCUT2D eigenvalue weighted by Crippen LogP contribution is 2.25. The van der Waals surface area contributed by atoms with E-state index in [9.17, 15) is 0 Å². The second kappa shape index (κ2) is 6.20. The number of pyridine rings is 1. The molecule has 0 spiro atoms. The van der Waals surface area contributed by atoms with E-state index in [1.165, 1.54) is 10.9 Å². The number of benzene rings is 1. The predicted octanol–water partition coefficient (Wildman–Crippen LogP) is 3.51. The minimum absolute atomic E-state index is 0.472. The Hall–Kier alpha value is -0.970. The topological polar surface area (TPSA) is 34.2 Å². The zero-order valence-electron chi connectivity index (χ0n) is 11.6. The van der Waals surface area contributed by atoms with Gasteiger partial charge in [0, 0.05) is 35.2 Å². The molecule has 0 bridgehead atoms. The first-order chi connectivity index (χ1) is 9.75. The minimum Gasteiger partial charge on any atom is -0.381 e. The fourth-order valence-corrected chi connectivity index (χ4v) is 3.18. The molecule has 1 fully saturated rings. The van der Waals surface area contributed by atoms with Gasteiger partial charge in [0.25, 0.3) is 0 Å². The van der Waals surface area contributed by atoms with E-state index >= 15 is 0 Å². The van der Waals surface area contributed by atoms with Gasteiger partial charge in [-0.15, -0.1) is 0 Å². The van der Waals surface area contributed by atoms with E-state index in [0.29, 0.717) is 12.0 Å². The molecule has 0 aliphatic carbocycles. The quantitative estimate of drug-likeness (QED) is 0.928. The van der Waals surface area contributed by atoms with Crippen LogP contribution in [0.5, 0.6) is 0 Å². The van der Waals surface area contributed by atoms with E-state index in [1.54, 1.807) is 0 Å². The smallest absolute Gasteiger partial charge is 0.0758 e.